The molecule has 4 heterocycles. The van der Waals surface area contributed by atoms with E-state index in [-0.39, 0.29) is 0 Å². The summed E-state index contributed by atoms with van der Waals surface area (Å²) in [6.07, 6.45) is 17.4. The second kappa shape index (κ2) is 12.2. The number of piperidine rings is 1. The van der Waals surface area contributed by atoms with Gasteiger partial charge in [0.2, 0.25) is 5.95 Å². The molecule has 2 saturated heterocycles. The molecule has 10 unspecified atom stereocenters. The third kappa shape index (κ3) is 4.69. The van der Waals surface area contributed by atoms with Gasteiger partial charge in [-0.2, -0.15) is 0 Å². The van der Waals surface area contributed by atoms with E-state index < -0.39 is 0 Å². The van der Waals surface area contributed by atoms with E-state index >= 15 is 0 Å². The molecule has 6 aliphatic rings. The van der Waals surface area contributed by atoms with Gasteiger partial charge in [-0.15, -0.1) is 0 Å². The van der Waals surface area contributed by atoms with Crippen molar-refractivity contribution < 1.29 is 4.74 Å². The summed E-state index contributed by atoms with van der Waals surface area (Å²) in [5.74, 6) is 4.70. The summed E-state index contributed by atoms with van der Waals surface area (Å²) in [6.45, 7) is 0. The van der Waals surface area contributed by atoms with E-state index in [0.29, 0.717) is 30.2 Å². The van der Waals surface area contributed by atoms with E-state index in [2.05, 4.69) is 107 Å². The molecule has 0 spiro atoms. The number of fused-ring (bicyclic) bond motifs is 8. The molecule has 53 heavy (non-hydrogen) atoms. The first-order valence-electron chi connectivity index (χ1n) is 21.1. The second-order valence-electron chi connectivity index (χ2n) is 17.6. The van der Waals surface area contributed by atoms with Crippen LogP contribution in [0.15, 0.2) is 97.1 Å². The van der Waals surface area contributed by atoms with Gasteiger partial charge >= 0.3 is 0 Å². The van der Waals surface area contributed by atoms with Crippen LogP contribution in [0.1, 0.15) is 88.5 Å². The Balaban J connectivity index is 0.962. The van der Waals surface area contributed by atoms with Crippen molar-refractivity contribution >= 4 is 32.7 Å². The number of ether oxygens (including phenoxy) is 1. The maximum absolute atomic E-state index is 7.05. The Kier molecular flexibility index (Phi) is 7.22. The molecule has 268 valence electrons. The Morgan fingerprint density at radius 3 is 2.25 bits per heavy atom. The quantitative estimate of drug-likeness (QED) is 0.185. The molecule has 4 aromatic carbocycles. The number of morpholine rings is 1. The third-order valence-electron chi connectivity index (χ3n) is 15.3. The highest BCUT2D eigenvalue weighted by molar-refractivity contribution is 6.09. The molecule has 10 atom stereocenters. The van der Waals surface area contributed by atoms with Crippen LogP contribution in [0, 0.1) is 23.7 Å². The summed E-state index contributed by atoms with van der Waals surface area (Å²) in [4.78, 5) is 13.8. The van der Waals surface area contributed by atoms with E-state index in [1.165, 1.54) is 98.9 Å². The van der Waals surface area contributed by atoms with Gasteiger partial charge in [-0.3, -0.25) is 9.47 Å². The Bertz CT molecular complexity index is 2350. The molecule has 5 heteroatoms. The van der Waals surface area contributed by atoms with Crippen LogP contribution in [0.2, 0.25) is 0 Å². The smallest absolute Gasteiger partial charge is 0.235 e. The zero-order valence-electron chi connectivity index (χ0n) is 30.7. The Morgan fingerprint density at radius 1 is 0.547 bits per heavy atom. The molecule has 5 nitrogen and oxygen atoms in total. The molecule has 4 saturated carbocycles. The summed E-state index contributed by atoms with van der Waals surface area (Å²) in [7, 11) is 0. The minimum Gasteiger partial charge on any atom is -0.372 e. The maximum atomic E-state index is 7.05. The van der Waals surface area contributed by atoms with Gasteiger partial charge in [-0.1, -0.05) is 98.5 Å². The van der Waals surface area contributed by atoms with Crippen LogP contribution in [0.4, 0.5) is 0 Å². The van der Waals surface area contributed by atoms with Crippen molar-refractivity contribution in [2.24, 2.45) is 23.7 Å². The fourth-order valence-corrected chi connectivity index (χ4v) is 13.5. The van der Waals surface area contributed by atoms with Crippen LogP contribution >= 0.6 is 0 Å². The van der Waals surface area contributed by atoms with E-state index in [1.54, 1.807) is 5.56 Å². The predicted molar refractivity (Wildman–Crippen MR) is 213 cm³/mol. The molecular weight excluding hydrogens is 649 g/mol. The molecule has 2 aromatic heterocycles. The molecule has 0 N–H and O–H groups in total. The van der Waals surface area contributed by atoms with Crippen molar-refractivity contribution in [2.45, 2.75) is 113 Å². The van der Waals surface area contributed by atoms with Crippen LogP contribution in [-0.2, 0) is 4.74 Å². The van der Waals surface area contributed by atoms with Gasteiger partial charge in [0.25, 0.3) is 0 Å². The molecule has 6 aromatic rings. The molecule has 2 aliphatic heterocycles. The summed E-state index contributed by atoms with van der Waals surface area (Å²) in [5, 5.41) is 3.71. The number of hydrogen-bond acceptors (Lipinski definition) is 4. The van der Waals surface area contributed by atoms with Crippen LogP contribution in [0.5, 0.6) is 0 Å². The minimum absolute atomic E-state index is 0.482. The first-order chi connectivity index (χ1) is 26.3. The fraction of sp³-hybridized carbons (Fsp3) is 0.458. The van der Waals surface area contributed by atoms with Crippen LogP contribution < -0.4 is 0 Å². The minimum atomic E-state index is 0.482. The largest absolute Gasteiger partial charge is 0.372 e. The van der Waals surface area contributed by atoms with E-state index in [4.69, 9.17) is 14.7 Å². The van der Waals surface area contributed by atoms with Gasteiger partial charge in [-0.25, -0.2) is 9.97 Å². The number of para-hydroxylation sites is 2. The lowest BCUT2D eigenvalue weighted by Crippen LogP contribution is -2.74. The van der Waals surface area contributed by atoms with Gasteiger partial charge in [0.1, 0.15) is 0 Å². The van der Waals surface area contributed by atoms with E-state index in [0.717, 1.165) is 57.8 Å². The average Bonchev–Trinajstić information content (AvgIpc) is 3.55. The van der Waals surface area contributed by atoms with Crippen molar-refractivity contribution in [3.63, 3.8) is 0 Å². The van der Waals surface area contributed by atoms with Crippen molar-refractivity contribution in [3.05, 3.63) is 103 Å². The van der Waals surface area contributed by atoms with Gasteiger partial charge < -0.3 is 4.74 Å². The Hall–Kier alpha value is -4.06. The zero-order chi connectivity index (χ0) is 34.6. The summed E-state index contributed by atoms with van der Waals surface area (Å²) in [5.41, 5.74) is 7.01. The van der Waals surface area contributed by atoms with Gasteiger partial charge in [0.05, 0.1) is 34.5 Å². The standard InChI is InChI=1S/C48H50N4O/c1-2-12-29(13-3-1)46-36-15-4-6-19-38(36)49-48(50-46)52-39-20-7-5-14-32(39)37-28-30(24-26-40(37)52)31-25-27-42-45-33(31)16-10-17-34(45)35-18-11-23-44-47(35)51(42)41-21-8-9-22-43(41)53-44/h1-7,12-15,19-20,24,26,28,31,33-35,41-45,47H,8-11,16-18,21-23,25,27H2. The first kappa shape index (κ1) is 31.3. The number of benzene rings is 4. The Morgan fingerprint density at radius 2 is 1.30 bits per heavy atom. The summed E-state index contributed by atoms with van der Waals surface area (Å²) in [6, 6.07) is 37.6. The SMILES string of the molecule is c1ccc(-c2nc(-n3c4ccccc4c4cc(C5CCC6C7C5CCCC7C5CCCC7OC8CCCCC8N6C75)ccc43)nc3ccccc23)cc1. The van der Waals surface area contributed by atoms with Crippen molar-refractivity contribution in [1.82, 2.24) is 19.4 Å². The summed E-state index contributed by atoms with van der Waals surface area (Å²) < 4.78 is 9.37. The van der Waals surface area contributed by atoms with Crippen molar-refractivity contribution in [3.8, 4) is 17.2 Å². The van der Waals surface area contributed by atoms with Gasteiger partial charge in [0, 0.05) is 39.8 Å². The number of nitrogens with zero attached hydrogens (tertiary/aromatic N) is 4. The number of rotatable bonds is 3. The topological polar surface area (TPSA) is 43.2 Å². The molecule has 0 amide bonds. The van der Waals surface area contributed by atoms with Crippen LogP contribution in [-0.4, -0.2) is 49.8 Å². The first-order valence-corrected chi connectivity index (χ1v) is 21.1. The van der Waals surface area contributed by atoms with Crippen LogP contribution in [0.3, 0.4) is 0 Å². The highest BCUT2D eigenvalue weighted by atomic mass is 16.5. The molecule has 0 bridgehead atoms. The molecule has 12 rings (SSSR count). The predicted octanol–water partition coefficient (Wildman–Crippen LogP) is 10.9. The Labute approximate surface area is 312 Å². The maximum Gasteiger partial charge on any atom is 0.235 e. The highest BCUT2D eigenvalue weighted by Crippen LogP contribution is 2.61. The highest BCUT2D eigenvalue weighted by Gasteiger charge is 2.61. The molecule has 0 radical (unpaired) electrons. The lowest BCUT2D eigenvalue weighted by Gasteiger charge is -2.68. The lowest BCUT2D eigenvalue weighted by molar-refractivity contribution is -0.248. The van der Waals surface area contributed by atoms with Gasteiger partial charge in [0.15, 0.2) is 0 Å². The molecule has 4 aliphatic carbocycles. The fourth-order valence-electron chi connectivity index (χ4n) is 13.5. The molecular formula is C48H50N4O. The average molecular weight is 699 g/mol. The summed E-state index contributed by atoms with van der Waals surface area (Å²) >= 11 is 0. The van der Waals surface area contributed by atoms with E-state index in [9.17, 15) is 0 Å². The monoisotopic (exact) mass is 698 g/mol. The van der Waals surface area contributed by atoms with Crippen molar-refractivity contribution in [1.29, 1.82) is 0 Å². The number of hydrogen-bond donors (Lipinski definition) is 0. The lowest BCUT2D eigenvalue weighted by atomic mass is 9.50. The van der Waals surface area contributed by atoms with Crippen LogP contribution in [0.25, 0.3) is 49.9 Å². The normalized spacial score (nSPS) is 33.7. The zero-order valence-corrected chi connectivity index (χ0v) is 30.7. The second-order valence-corrected chi connectivity index (χ2v) is 17.6. The molecule has 6 fully saturated rings. The van der Waals surface area contributed by atoms with Gasteiger partial charge in [-0.05, 0) is 111 Å². The third-order valence-corrected chi connectivity index (χ3v) is 15.3. The van der Waals surface area contributed by atoms with Crippen molar-refractivity contribution in [2.75, 3.05) is 0 Å². The number of aromatic nitrogens is 3. The van der Waals surface area contributed by atoms with E-state index in [1.807, 2.05) is 0 Å².